The fourth-order valence-electron chi connectivity index (χ4n) is 2.61. The summed E-state index contributed by atoms with van der Waals surface area (Å²) in [7, 11) is 1.60. The third-order valence-electron chi connectivity index (χ3n) is 3.77. The molecule has 23 heavy (non-hydrogen) atoms. The van der Waals surface area contributed by atoms with Crippen LogP contribution in [-0.4, -0.2) is 32.9 Å². The summed E-state index contributed by atoms with van der Waals surface area (Å²) >= 11 is 6.00. The Morgan fingerprint density at radius 1 is 1.17 bits per heavy atom. The molecule has 1 saturated heterocycles. The van der Waals surface area contributed by atoms with Gasteiger partial charge in [-0.05, 0) is 23.8 Å². The van der Waals surface area contributed by atoms with Crippen molar-refractivity contribution >= 4 is 11.6 Å². The molecule has 0 aliphatic carbocycles. The Morgan fingerprint density at radius 3 is 2.83 bits per heavy atom. The smallest absolute Gasteiger partial charge is 0.169 e. The van der Waals surface area contributed by atoms with Crippen molar-refractivity contribution in [2.45, 2.75) is 12.5 Å². The molecule has 0 aromatic heterocycles. The monoisotopic (exact) mass is 333 g/mol. The summed E-state index contributed by atoms with van der Waals surface area (Å²) in [5, 5.41) is 3.96. The molecular weight excluding hydrogens is 314 g/mol. The first-order valence-corrected chi connectivity index (χ1v) is 8.05. The molecule has 0 saturated carbocycles. The maximum atomic E-state index is 6.07. The molecule has 0 spiro atoms. The standard InChI is InChI=1S/C18H20ClNO3/c1-21-18-11-14(19)6-7-17(18)23-16-5-3-2-4-13(16)10-15-12-20-8-9-22-15/h2-7,11,15,20H,8-10,12H2,1H3/t15-/m0/s1. The van der Waals surface area contributed by atoms with E-state index in [1.807, 2.05) is 24.3 Å². The van der Waals surface area contributed by atoms with E-state index < -0.39 is 0 Å². The van der Waals surface area contributed by atoms with Crippen LogP contribution in [0, 0.1) is 0 Å². The van der Waals surface area contributed by atoms with Crippen LogP contribution in [0.5, 0.6) is 17.2 Å². The van der Waals surface area contributed by atoms with Crippen molar-refractivity contribution in [2.75, 3.05) is 26.8 Å². The predicted molar refractivity (Wildman–Crippen MR) is 90.8 cm³/mol. The average Bonchev–Trinajstić information content (AvgIpc) is 2.59. The summed E-state index contributed by atoms with van der Waals surface area (Å²) in [6.45, 7) is 2.52. The van der Waals surface area contributed by atoms with Crippen molar-refractivity contribution in [2.24, 2.45) is 0 Å². The number of para-hydroxylation sites is 1. The summed E-state index contributed by atoms with van der Waals surface area (Å²) in [5.41, 5.74) is 1.11. The summed E-state index contributed by atoms with van der Waals surface area (Å²) in [5.74, 6) is 2.07. The highest BCUT2D eigenvalue weighted by Crippen LogP contribution is 2.35. The number of ether oxygens (including phenoxy) is 3. The molecule has 5 heteroatoms. The molecule has 0 radical (unpaired) electrons. The van der Waals surface area contributed by atoms with Gasteiger partial charge in [0.25, 0.3) is 0 Å². The molecule has 1 fully saturated rings. The lowest BCUT2D eigenvalue weighted by molar-refractivity contribution is 0.0289. The maximum Gasteiger partial charge on any atom is 0.169 e. The Hall–Kier alpha value is -1.75. The van der Waals surface area contributed by atoms with E-state index in [2.05, 4.69) is 11.4 Å². The van der Waals surface area contributed by atoms with Crippen molar-refractivity contribution in [3.8, 4) is 17.2 Å². The Balaban J connectivity index is 1.80. The third-order valence-corrected chi connectivity index (χ3v) is 4.01. The van der Waals surface area contributed by atoms with Crippen LogP contribution in [0.25, 0.3) is 0 Å². The highest BCUT2D eigenvalue weighted by Gasteiger charge is 2.17. The van der Waals surface area contributed by atoms with Gasteiger partial charge >= 0.3 is 0 Å². The highest BCUT2D eigenvalue weighted by molar-refractivity contribution is 6.30. The SMILES string of the molecule is COc1cc(Cl)ccc1Oc1ccccc1C[C@H]1CNCCO1. The molecule has 1 heterocycles. The van der Waals surface area contributed by atoms with Gasteiger partial charge in [-0.1, -0.05) is 29.8 Å². The number of benzene rings is 2. The Kier molecular flexibility index (Phi) is 5.39. The van der Waals surface area contributed by atoms with Gasteiger partial charge in [-0.25, -0.2) is 0 Å². The number of methoxy groups -OCH3 is 1. The summed E-state index contributed by atoms with van der Waals surface area (Å²) in [6.07, 6.45) is 0.972. The van der Waals surface area contributed by atoms with Gasteiger partial charge in [0.15, 0.2) is 11.5 Å². The molecule has 4 nitrogen and oxygen atoms in total. The number of halogens is 1. The first-order valence-electron chi connectivity index (χ1n) is 7.68. The van der Waals surface area contributed by atoms with Crippen molar-refractivity contribution < 1.29 is 14.2 Å². The van der Waals surface area contributed by atoms with Gasteiger partial charge in [-0.3, -0.25) is 0 Å². The molecule has 1 N–H and O–H groups in total. The molecule has 0 unspecified atom stereocenters. The molecule has 122 valence electrons. The lowest BCUT2D eigenvalue weighted by atomic mass is 10.1. The summed E-state index contributed by atoms with van der Waals surface area (Å²) < 4.78 is 17.2. The first kappa shape index (κ1) is 16.1. The number of hydrogen-bond donors (Lipinski definition) is 1. The molecule has 1 atom stereocenters. The van der Waals surface area contributed by atoms with Crippen LogP contribution in [0.4, 0.5) is 0 Å². The van der Waals surface area contributed by atoms with Gasteiger partial charge in [0.2, 0.25) is 0 Å². The molecule has 2 aromatic rings. The topological polar surface area (TPSA) is 39.7 Å². The zero-order chi connectivity index (χ0) is 16.1. The second kappa shape index (κ2) is 7.68. The zero-order valence-corrected chi connectivity index (χ0v) is 13.8. The van der Waals surface area contributed by atoms with E-state index in [-0.39, 0.29) is 6.10 Å². The second-order valence-corrected chi connectivity index (χ2v) is 5.84. The van der Waals surface area contributed by atoms with Gasteiger partial charge in [0, 0.05) is 30.6 Å². The molecule has 1 aliphatic heterocycles. The summed E-state index contributed by atoms with van der Waals surface area (Å²) in [4.78, 5) is 0. The fraction of sp³-hybridized carbons (Fsp3) is 0.333. The lowest BCUT2D eigenvalue weighted by Crippen LogP contribution is -2.39. The van der Waals surface area contributed by atoms with E-state index in [4.69, 9.17) is 25.8 Å². The molecular formula is C18H20ClNO3. The van der Waals surface area contributed by atoms with Gasteiger partial charge in [-0.15, -0.1) is 0 Å². The van der Waals surface area contributed by atoms with E-state index in [1.165, 1.54) is 0 Å². The number of nitrogens with one attached hydrogen (secondary N) is 1. The highest BCUT2D eigenvalue weighted by atomic mass is 35.5. The van der Waals surface area contributed by atoms with Gasteiger partial charge in [-0.2, -0.15) is 0 Å². The van der Waals surface area contributed by atoms with E-state index in [9.17, 15) is 0 Å². The Bertz CT molecular complexity index is 656. The van der Waals surface area contributed by atoms with Crippen LogP contribution >= 0.6 is 11.6 Å². The quantitative estimate of drug-likeness (QED) is 0.906. The van der Waals surface area contributed by atoms with E-state index in [1.54, 1.807) is 19.2 Å². The molecule has 3 rings (SSSR count). The van der Waals surface area contributed by atoms with Crippen LogP contribution in [0.1, 0.15) is 5.56 Å². The fourth-order valence-corrected chi connectivity index (χ4v) is 2.77. The lowest BCUT2D eigenvalue weighted by Gasteiger charge is -2.24. The van der Waals surface area contributed by atoms with Crippen molar-refractivity contribution in [1.82, 2.24) is 5.32 Å². The average molecular weight is 334 g/mol. The number of hydrogen-bond acceptors (Lipinski definition) is 4. The van der Waals surface area contributed by atoms with Gasteiger partial charge in [0.05, 0.1) is 19.8 Å². The molecule has 2 aromatic carbocycles. The molecule has 1 aliphatic rings. The predicted octanol–water partition coefficient (Wildman–Crippen LogP) is 3.67. The van der Waals surface area contributed by atoms with Crippen LogP contribution in [0.15, 0.2) is 42.5 Å². The first-order chi connectivity index (χ1) is 11.3. The van der Waals surface area contributed by atoms with Gasteiger partial charge in [0.1, 0.15) is 5.75 Å². The third kappa shape index (κ3) is 4.16. The van der Waals surface area contributed by atoms with Crippen LogP contribution in [0.3, 0.4) is 0 Å². The molecule has 0 bridgehead atoms. The maximum absolute atomic E-state index is 6.07. The second-order valence-electron chi connectivity index (χ2n) is 5.41. The number of morpholine rings is 1. The van der Waals surface area contributed by atoms with Crippen LogP contribution in [-0.2, 0) is 11.2 Å². The molecule has 0 amide bonds. The zero-order valence-electron chi connectivity index (χ0n) is 13.0. The van der Waals surface area contributed by atoms with E-state index in [0.717, 1.165) is 37.4 Å². The van der Waals surface area contributed by atoms with E-state index in [0.29, 0.717) is 16.5 Å². The van der Waals surface area contributed by atoms with Gasteiger partial charge < -0.3 is 19.5 Å². The van der Waals surface area contributed by atoms with E-state index >= 15 is 0 Å². The van der Waals surface area contributed by atoms with Crippen molar-refractivity contribution in [3.05, 3.63) is 53.1 Å². The minimum Gasteiger partial charge on any atom is -0.493 e. The van der Waals surface area contributed by atoms with Crippen molar-refractivity contribution in [3.63, 3.8) is 0 Å². The Labute approximate surface area is 141 Å². The normalized spacial score (nSPS) is 17.7. The largest absolute Gasteiger partial charge is 0.493 e. The van der Waals surface area contributed by atoms with Crippen molar-refractivity contribution in [1.29, 1.82) is 0 Å². The summed E-state index contributed by atoms with van der Waals surface area (Å²) in [6, 6.07) is 13.3. The number of rotatable bonds is 5. The van der Waals surface area contributed by atoms with Crippen LogP contribution < -0.4 is 14.8 Å². The minimum atomic E-state index is 0.167. The van der Waals surface area contributed by atoms with Crippen LogP contribution in [0.2, 0.25) is 5.02 Å². The minimum absolute atomic E-state index is 0.167. The Morgan fingerprint density at radius 2 is 2.04 bits per heavy atom.